The maximum absolute atomic E-state index is 15.1. The molecule has 6 unspecified atom stereocenters. The maximum Gasteiger partial charge on any atom is 0.408 e. The molecule has 2 aliphatic heterocycles. The highest BCUT2D eigenvalue weighted by Crippen LogP contribution is 2.50. The van der Waals surface area contributed by atoms with Crippen molar-refractivity contribution in [1.82, 2.24) is 30.2 Å². The lowest BCUT2D eigenvalue weighted by molar-refractivity contribution is -0.144. The number of nitrogens with one attached hydrogen (secondary N) is 3. The summed E-state index contributed by atoms with van der Waals surface area (Å²) in [5.41, 5.74) is -1.21. The van der Waals surface area contributed by atoms with Gasteiger partial charge in [0.05, 0.1) is 35.4 Å². The third kappa shape index (κ3) is 7.89. The molecule has 1 saturated heterocycles. The van der Waals surface area contributed by atoms with E-state index in [1.165, 1.54) is 11.8 Å². The van der Waals surface area contributed by atoms with Crippen molar-refractivity contribution in [2.75, 3.05) is 13.7 Å². The normalized spacial score (nSPS) is 32.7. The molecular formula is C41H54F2N6O9S. The third-order valence-corrected chi connectivity index (χ3v) is 16.1. The van der Waals surface area contributed by atoms with Crippen molar-refractivity contribution in [1.29, 1.82) is 0 Å². The Balaban J connectivity index is 1.16. The average molecular weight is 845 g/mol. The molecular weight excluding hydrogens is 791 g/mol. The van der Waals surface area contributed by atoms with Crippen LogP contribution in [0.1, 0.15) is 104 Å². The molecule has 4 amide bonds. The Morgan fingerprint density at radius 2 is 1.75 bits per heavy atom. The predicted octanol–water partition coefficient (Wildman–Crippen LogP) is 4.55. The molecule has 1 aromatic carbocycles. The zero-order valence-corrected chi connectivity index (χ0v) is 34.7. The van der Waals surface area contributed by atoms with Crippen LogP contribution in [0.25, 0.3) is 11.0 Å². The average Bonchev–Trinajstić information content (AvgIpc) is 4.15. The number of benzene rings is 1. The molecule has 6 aliphatic rings. The van der Waals surface area contributed by atoms with Crippen LogP contribution in [0.5, 0.6) is 11.6 Å². The fourth-order valence-corrected chi connectivity index (χ4v) is 10.7. The first kappa shape index (κ1) is 41.4. The minimum Gasteiger partial charge on any atom is -0.497 e. The first-order chi connectivity index (χ1) is 28.0. The van der Waals surface area contributed by atoms with Crippen LogP contribution in [0.4, 0.5) is 13.6 Å². The third-order valence-electron chi connectivity index (χ3n) is 14.0. The van der Waals surface area contributed by atoms with E-state index in [4.69, 9.17) is 24.2 Å². The van der Waals surface area contributed by atoms with E-state index in [2.05, 4.69) is 10.6 Å². The summed E-state index contributed by atoms with van der Waals surface area (Å²) >= 11 is 0. The SMILES string of the molecule is COc1ccc2nc3c(nc2c1)OC1CN(C(=O)C(C2(C)CCCC2)NC(=O)OC2CC2CCCCC3)C(C(=O)N[C@]2(C(=O)NS(=O)(=O)C3(C)CC3)C[C@H]2C(F)F)C1C. The number of alkyl carbamates (subject to hydrolysis) is 1. The molecule has 59 heavy (non-hydrogen) atoms. The second kappa shape index (κ2) is 15.3. The lowest BCUT2D eigenvalue weighted by Gasteiger charge is -2.37. The van der Waals surface area contributed by atoms with Gasteiger partial charge in [-0.15, -0.1) is 0 Å². The molecule has 2 aromatic rings. The van der Waals surface area contributed by atoms with Gasteiger partial charge in [0.15, 0.2) is 0 Å². The summed E-state index contributed by atoms with van der Waals surface area (Å²) in [5, 5.41) is 5.39. The van der Waals surface area contributed by atoms with Crippen molar-refractivity contribution >= 4 is 44.9 Å². The number of hydrogen-bond acceptors (Lipinski definition) is 11. The molecule has 4 saturated carbocycles. The first-order valence-corrected chi connectivity index (χ1v) is 22.4. The topological polar surface area (TPSA) is 195 Å². The number of nitrogens with zero attached hydrogens (tertiary/aromatic N) is 3. The van der Waals surface area contributed by atoms with Gasteiger partial charge < -0.3 is 29.7 Å². The highest BCUT2D eigenvalue weighted by molar-refractivity contribution is 7.91. The molecule has 4 aliphatic carbocycles. The van der Waals surface area contributed by atoms with Gasteiger partial charge in [0.2, 0.25) is 34.1 Å². The molecule has 15 nitrogen and oxygen atoms in total. The van der Waals surface area contributed by atoms with Crippen molar-refractivity contribution in [2.24, 2.45) is 23.2 Å². The Morgan fingerprint density at radius 3 is 2.42 bits per heavy atom. The minimum absolute atomic E-state index is 0.159. The number of aryl methyl sites for hydroxylation is 1. The van der Waals surface area contributed by atoms with Gasteiger partial charge in [0.25, 0.3) is 5.91 Å². The smallest absolute Gasteiger partial charge is 0.408 e. The number of carbonyl (C=O) groups is 4. The summed E-state index contributed by atoms with van der Waals surface area (Å²) in [5.74, 6) is -4.25. The van der Waals surface area contributed by atoms with Gasteiger partial charge in [-0.1, -0.05) is 39.5 Å². The van der Waals surface area contributed by atoms with E-state index in [9.17, 15) is 31.6 Å². The summed E-state index contributed by atoms with van der Waals surface area (Å²) in [6, 6.07) is 2.83. The second-order valence-electron chi connectivity index (χ2n) is 18.2. The Morgan fingerprint density at radius 1 is 1.00 bits per heavy atom. The summed E-state index contributed by atoms with van der Waals surface area (Å²) in [6.45, 7) is 4.90. The van der Waals surface area contributed by atoms with E-state index >= 15 is 4.79 Å². The number of fused-ring (bicyclic) bond motifs is 5. The van der Waals surface area contributed by atoms with Crippen molar-refractivity contribution in [3.63, 3.8) is 0 Å². The number of rotatable bonds is 8. The Bertz CT molecular complexity index is 2130. The molecule has 0 radical (unpaired) electrons. The summed E-state index contributed by atoms with van der Waals surface area (Å²) in [4.78, 5) is 68.0. The van der Waals surface area contributed by atoms with Crippen LogP contribution in [0.15, 0.2) is 18.2 Å². The molecule has 5 fully saturated rings. The molecule has 3 N–H and O–H groups in total. The summed E-state index contributed by atoms with van der Waals surface area (Å²) in [7, 11) is -2.70. The van der Waals surface area contributed by atoms with E-state index in [-0.39, 0.29) is 24.4 Å². The maximum atomic E-state index is 15.1. The Hall–Kier alpha value is -4.35. The molecule has 2 bridgehead atoms. The van der Waals surface area contributed by atoms with Gasteiger partial charge in [-0.05, 0) is 88.2 Å². The number of carbonyl (C=O) groups excluding carboxylic acids is 4. The van der Waals surface area contributed by atoms with Crippen LogP contribution in [0, 0.1) is 23.2 Å². The lowest BCUT2D eigenvalue weighted by Crippen LogP contribution is -2.61. The number of alkyl halides is 2. The van der Waals surface area contributed by atoms with Crippen LogP contribution < -0.4 is 24.8 Å². The predicted molar refractivity (Wildman–Crippen MR) is 209 cm³/mol. The number of amides is 4. The van der Waals surface area contributed by atoms with Gasteiger partial charge in [-0.2, -0.15) is 0 Å². The number of methoxy groups -OCH3 is 1. The van der Waals surface area contributed by atoms with E-state index in [1.54, 1.807) is 26.2 Å². The molecule has 0 spiro atoms. The summed E-state index contributed by atoms with van der Waals surface area (Å²) < 4.78 is 73.6. The van der Waals surface area contributed by atoms with E-state index in [0.717, 1.165) is 44.9 Å². The molecule has 3 heterocycles. The monoisotopic (exact) mass is 844 g/mol. The van der Waals surface area contributed by atoms with Gasteiger partial charge in [-0.25, -0.2) is 32.0 Å². The highest BCUT2D eigenvalue weighted by Gasteiger charge is 2.68. The zero-order valence-electron chi connectivity index (χ0n) is 33.9. The largest absolute Gasteiger partial charge is 0.497 e. The zero-order chi connectivity index (χ0) is 42.1. The van der Waals surface area contributed by atoms with Crippen LogP contribution in [0.3, 0.4) is 0 Å². The van der Waals surface area contributed by atoms with Gasteiger partial charge >= 0.3 is 6.09 Å². The molecule has 322 valence electrons. The first-order valence-electron chi connectivity index (χ1n) is 20.9. The van der Waals surface area contributed by atoms with Crippen LogP contribution in [0.2, 0.25) is 0 Å². The van der Waals surface area contributed by atoms with Crippen LogP contribution in [-0.4, -0.2) is 102 Å². The number of hydrogen-bond donors (Lipinski definition) is 3. The second-order valence-corrected chi connectivity index (χ2v) is 20.4. The van der Waals surface area contributed by atoms with Gasteiger partial charge in [0.1, 0.15) is 41.3 Å². The molecule has 8 atom stereocenters. The highest BCUT2D eigenvalue weighted by atomic mass is 32.2. The molecule has 8 rings (SSSR count). The minimum atomic E-state index is -4.24. The van der Waals surface area contributed by atoms with E-state index < -0.39 is 92.4 Å². The standard InChI is InChI=1S/C41H54F2N6O9S/c1-22-30-21-49(31(22)34(50)47-41(20-25(41)33(42)43)37(52)48-59(54,55)40(3)16-17-40)36(51)32(39(2)14-8-9-15-39)46-38(53)58-29-18-23(29)10-6-5-7-11-27-35(57-30)45-28-19-24(56-4)12-13-26(28)44-27/h12-13,19,22-23,25,29-33H,5-11,14-18,20-21H2,1-4H3,(H,46,53)(H,47,50)(H,48,52)/t22?,23?,25-,29?,30?,31?,32?,41+/m0/s1. The Kier molecular flexibility index (Phi) is 10.7. The fourth-order valence-electron chi connectivity index (χ4n) is 9.43. The molecule has 1 aromatic heterocycles. The van der Waals surface area contributed by atoms with Gasteiger partial charge in [0, 0.05) is 12.0 Å². The van der Waals surface area contributed by atoms with Gasteiger partial charge in [-0.3, -0.25) is 19.1 Å². The number of sulfonamides is 1. The fraction of sp³-hybridized carbons (Fsp3) is 0.707. The van der Waals surface area contributed by atoms with Crippen molar-refractivity contribution in [3.05, 3.63) is 23.9 Å². The van der Waals surface area contributed by atoms with Crippen molar-refractivity contribution < 1.29 is 50.6 Å². The van der Waals surface area contributed by atoms with Crippen molar-refractivity contribution in [3.8, 4) is 11.6 Å². The number of aromatic nitrogens is 2. The van der Waals surface area contributed by atoms with Crippen molar-refractivity contribution in [2.45, 2.75) is 145 Å². The molecule has 18 heteroatoms. The summed E-state index contributed by atoms with van der Waals surface area (Å²) in [6.07, 6.45) is 2.73. The number of halogens is 2. The van der Waals surface area contributed by atoms with E-state index in [0.29, 0.717) is 54.6 Å². The van der Waals surface area contributed by atoms with Crippen LogP contribution >= 0.6 is 0 Å². The van der Waals surface area contributed by atoms with E-state index in [1.807, 2.05) is 17.7 Å². The van der Waals surface area contributed by atoms with Crippen LogP contribution in [-0.2, 0) is 35.6 Å². The quantitative estimate of drug-likeness (QED) is 0.338. The lowest BCUT2D eigenvalue weighted by atomic mass is 9.79. The number of ether oxygens (including phenoxy) is 3. The Labute approximate surface area is 342 Å².